The highest BCUT2D eigenvalue weighted by Crippen LogP contribution is 2.30. The van der Waals surface area contributed by atoms with Crippen molar-refractivity contribution in [2.45, 2.75) is 20.8 Å². The number of nitrogens with zero attached hydrogens (tertiary/aromatic N) is 4. The second kappa shape index (κ2) is 7.04. The van der Waals surface area contributed by atoms with Crippen LogP contribution in [-0.2, 0) is 0 Å². The molecule has 1 aromatic heterocycles. The van der Waals surface area contributed by atoms with Gasteiger partial charge in [0.25, 0.3) is 0 Å². The highest BCUT2D eigenvalue weighted by molar-refractivity contribution is 5.80. The van der Waals surface area contributed by atoms with Crippen molar-refractivity contribution < 1.29 is 4.42 Å². The summed E-state index contributed by atoms with van der Waals surface area (Å²) < 4.78 is 5.94. The molecule has 0 atom stereocenters. The van der Waals surface area contributed by atoms with Gasteiger partial charge in [-0.15, -0.1) is 0 Å². The molecule has 6 heteroatoms. The van der Waals surface area contributed by atoms with E-state index in [4.69, 9.17) is 14.9 Å². The Hall–Kier alpha value is -4.08. The Labute approximate surface area is 156 Å². The zero-order chi connectivity index (χ0) is 19.6. The van der Waals surface area contributed by atoms with Gasteiger partial charge in [-0.25, -0.2) is 4.98 Å². The Morgan fingerprint density at radius 2 is 1.70 bits per heavy atom. The first-order valence-electron chi connectivity index (χ1n) is 8.17. The molecule has 0 fully saturated rings. The lowest BCUT2D eigenvalue weighted by atomic mass is 10.1. The zero-order valence-corrected chi connectivity index (χ0v) is 15.1. The number of anilines is 1. The molecule has 0 aliphatic heterocycles. The number of nitriles is 3. The van der Waals surface area contributed by atoms with E-state index < -0.39 is 0 Å². The van der Waals surface area contributed by atoms with E-state index in [1.165, 1.54) is 0 Å². The third-order valence-corrected chi connectivity index (χ3v) is 4.15. The Balaban J connectivity index is 2.08. The lowest BCUT2D eigenvalue weighted by Crippen LogP contribution is -2.02. The Morgan fingerprint density at radius 3 is 2.37 bits per heavy atom. The van der Waals surface area contributed by atoms with Gasteiger partial charge in [0, 0.05) is 11.3 Å². The number of benzene rings is 2. The molecule has 6 nitrogen and oxygen atoms in total. The monoisotopic (exact) mass is 353 g/mol. The summed E-state index contributed by atoms with van der Waals surface area (Å²) in [6.45, 7) is 5.84. The van der Waals surface area contributed by atoms with Crippen LogP contribution in [0, 0.1) is 54.8 Å². The molecule has 0 amide bonds. The number of nitrogens with one attached hydrogen (secondary N) is 1. The van der Waals surface area contributed by atoms with Crippen molar-refractivity contribution in [2.24, 2.45) is 0 Å². The predicted octanol–water partition coefficient (Wildman–Crippen LogP) is 4.66. The molecular formula is C21H15N5O. The van der Waals surface area contributed by atoms with E-state index in [1.54, 1.807) is 18.2 Å². The van der Waals surface area contributed by atoms with Gasteiger partial charge in [-0.2, -0.15) is 15.8 Å². The smallest absolute Gasteiger partial charge is 0.227 e. The fraction of sp³-hybridized carbons (Fsp3) is 0.143. The van der Waals surface area contributed by atoms with Gasteiger partial charge >= 0.3 is 0 Å². The van der Waals surface area contributed by atoms with E-state index in [0.717, 1.165) is 33.4 Å². The normalized spacial score (nSPS) is 9.93. The van der Waals surface area contributed by atoms with Crippen molar-refractivity contribution in [1.29, 1.82) is 15.8 Å². The van der Waals surface area contributed by atoms with Crippen LogP contribution < -0.4 is 5.32 Å². The lowest BCUT2D eigenvalue weighted by molar-refractivity contribution is 0.617. The minimum atomic E-state index is -0.268. The number of fused-ring (bicyclic) bond motifs is 1. The van der Waals surface area contributed by atoms with Gasteiger partial charge in [-0.05, 0) is 55.7 Å². The van der Waals surface area contributed by atoms with Gasteiger partial charge in [0.1, 0.15) is 29.4 Å². The van der Waals surface area contributed by atoms with E-state index in [0.29, 0.717) is 11.6 Å². The molecule has 1 N–H and O–H groups in total. The molecule has 0 aliphatic carbocycles. The number of rotatable bonds is 3. The third kappa shape index (κ3) is 3.35. The molecular weight excluding hydrogens is 338 g/mol. The van der Waals surface area contributed by atoms with Crippen LogP contribution in [0.2, 0.25) is 0 Å². The molecule has 2 aromatic carbocycles. The number of allylic oxidation sites excluding steroid dienone is 2. The van der Waals surface area contributed by atoms with Gasteiger partial charge in [0.2, 0.25) is 5.89 Å². The second-order valence-electron chi connectivity index (χ2n) is 6.19. The first-order chi connectivity index (χ1) is 13.0. The average molecular weight is 353 g/mol. The van der Waals surface area contributed by atoms with Gasteiger partial charge in [-0.3, -0.25) is 0 Å². The van der Waals surface area contributed by atoms with E-state index in [2.05, 4.69) is 10.3 Å². The Morgan fingerprint density at radius 1 is 0.963 bits per heavy atom. The van der Waals surface area contributed by atoms with Gasteiger partial charge in [-0.1, -0.05) is 12.1 Å². The van der Waals surface area contributed by atoms with Crippen LogP contribution in [0.1, 0.15) is 16.7 Å². The van der Waals surface area contributed by atoms with Crippen molar-refractivity contribution in [3.8, 4) is 29.7 Å². The largest absolute Gasteiger partial charge is 0.436 e. The molecule has 0 saturated heterocycles. The number of aromatic nitrogens is 1. The summed E-state index contributed by atoms with van der Waals surface area (Å²) in [5, 5.41) is 30.1. The SMILES string of the molecule is Cc1cc(C)c2oc(-c3ccc(C)c(NC(C#N)=C(C#N)C#N)c3)nc2c1. The molecule has 0 bridgehead atoms. The van der Waals surface area contributed by atoms with Crippen LogP contribution in [0.5, 0.6) is 0 Å². The molecule has 0 unspecified atom stereocenters. The summed E-state index contributed by atoms with van der Waals surface area (Å²) in [4.78, 5) is 4.57. The maximum absolute atomic E-state index is 9.25. The first-order valence-corrected chi connectivity index (χ1v) is 8.17. The summed E-state index contributed by atoms with van der Waals surface area (Å²) in [7, 11) is 0. The summed E-state index contributed by atoms with van der Waals surface area (Å²) >= 11 is 0. The third-order valence-electron chi connectivity index (χ3n) is 4.15. The standard InChI is InChI=1S/C21H15N5O/c1-12-6-14(3)20-18(7-12)26-21(27-20)15-5-4-13(2)17(8-15)25-19(11-24)16(9-22)10-23/h4-8,25H,1-3H3. The fourth-order valence-corrected chi connectivity index (χ4v) is 2.81. The van der Waals surface area contributed by atoms with Gasteiger partial charge in [0.05, 0.1) is 0 Å². The molecule has 3 rings (SSSR count). The molecule has 1 heterocycles. The lowest BCUT2D eigenvalue weighted by Gasteiger charge is -2.09. The van der Waals surface area contributed by atoms with E-state index in [1.807, 2.05) is 51.1 Å². The number of oxazole rings is 1. The minimum absolute atomic E-state index is 0.0933. The van der Waals surface area contributed by atoms with E-state index in [9.17, 15) is 5.26 Å². The highest BCUT2D eigenvalue weighted by atomic mass is 16.3. The minimum Gasteiger partial charge on any atom is -0.436 e. The summed E-state index contributed by atoms with van der Waals surface area (Å²) in [5.74, 6) is 0.463. The molecule has 0 radical (unpaired) electrons. The molecule has 0 aliphatic rings. The summed E-state index contributed by atoms with van der Waals surface area (Å²) in [6.07, 6.45) is 0. The van der Waals surface area contributed by atoms with Gasteiger partial charge in [0.15, 0.2) is 11.2 Å². The van der Waals surface area contributed by atoms with Crippen molar-refractivity contribution in [2.75, 3.05) is 5.32 Å². The number of aryl methyl sites for hydroxylation is 3. The maximum Gasteiger partial charge on any atom is 0.227 e. The fourth-order valence-electron chi connectivity index (χ4n) is 2.81. The van der Waals surface area contributed by atoms with Crippen molar-refractivity contribution in [3.05, 3.63) is 58.3 Å². The highest BCUT2D eigenvalue weighted by Gasteiger charge is 2.13. The molecule has 0 spiro atoms. The van der Waals surface area contributed by atoms with Crippen LogP contribution in [0.4, 0.5) is 5.69 Å². The van der Waals surface area contributed by atoms with Crippen LogP contribution in [0.15, 0.2) is 46.0 Å². The quantitative estimate of drug-likeness (QED) is 0.686. The van der Waals surface area contributed by atoms with Crippen molar-refractivity contribution >= 4 is 16.8 Å². The van der Waals surface area contributed by atoms with Crippen LogP contribution >= 0.6 is 0 Å². The van der Waals surface area contributed by atoms with Crippen LogP contribution in [0.25, 0.3) is 22.6 Å². The van der Waals surface area contributed by atoms with Crippen LogP contribution in [0.3, 0.4) is 0 Å². The number of hydrogen-bond acceptors (Lipinski definition) is 6. The van der Waals surface area contributed by atoms with E-state index >= 15 is 0 Å². The first kappa shape index (κ1) is 17.7. The molecule has 3 aromatic rings. The van der Waals surface area contributed by atoms with Crippen molar-refractivity contribution in [3.63, 3.8) is 0 Å². The summed E-state index contributed by atoms with van der Waals surface area (Å²) in [6, 6.07) is 14.8. The Kier molecular flexibility index (Phi) is 4.62. The topological polar surface area (TPSA) is 109 Å². The zero-order valence-electron chi connectivity index (χ0n) is 15.1. The second-order valence-corrected chi connectivity index (χ2v) is 6.19. The molecule has 130 valence electrons. The Bertz CT molecular complexity index is 1200. The van der Waals surface area contributed by atoms with Crippen LogP contribution in [-0.4, -0.2) is 4.98 Å². The summed E-state index contributed by atoms with van der Waals surface area (Å²) in [5.41, 5.74) is 5.45. The maximum atomic E-state index is 9.25. The van der Waals surface area contributed by atoms with Gasteiger partial charge < -0.3 is 9.73 Å². The van der Waals surface area contributed by atoms with Crippen molar-refractivity contribution in [1.82, 2.24) is 4.98 Å². The molecule has 0 saturated carbocycles. The number of hydrogen-bond donors (Lipinski definition) is 1. The van der Waals surface area contributed by atoms with E-state index in [-0.39, 0.29) is 11.3 Å². The predicted molar refractivity (Wildman–Crippen MR) is 101 cm³/mol. The molecule has 27 heavy (non-hydrogen) atoms. The average Bonchev–Trinajstić information content (AvgIpc) is 3.07.